The summed E-state index contributed by atoms with van der Waals surface area (Å²) in [5, 5.41) is 2.90. The van der Waals surface area contributed by atoms with E-state index in [9.17, 15) is 22.4 Å². The molecule has 0 aliphatic rings. The Balaban J connectivity index is 2.15. The van der Waals surface area contributed by atoms with E-state index in [0.717, 1.165) is 18.2 Å². The second-order valence-electron chi connectivity index (χ2n) is 8.92. The second-order valence-corrected chi connectivity index (χ2v) is 10.8. The number of benzene rings is 2. The Kier molecular flexibility index (Phi) is 10.2. The molecule has 0 heterocycles. The number of sulfonamides is 1. The Hall–Kier alpha value is -2.94. The van der Waals surface area contributed by atoms with E-state index in [4.69, 9.17) is 0 Å². The van der Waals surface area contributed by atoms with Crippen molar-refractivity contribution in [3.05, 3.63) is 65.5 Å². The molecule has 0 saturated heterocycles. The van der Waals surface area contributed by atoms with E-state index in [1.807, 2.05) is 32.9 Å². The lowest BCUT2D eigenvalue weighted by Crippen LogP contribution is -2.49. The van der Waals surface area contributed by atoms with Crippen LogP contribution in [0.4, 0.5) is 10.1 Å². The van der Waals surface area contributed by atoms with E-state index in [2.05, 4.69) is 5.32 Å². The number of carbonyl (C=O) groups is 2. The van der Waals surface area contributed by atoms with Gasteiger partial charge >= 0.3 is 0 Å². The summed E-state index contributed by atoms with van der Waals surface area (Å²) in [6, 6.07) is 12.1. The molecule has 9 heteroatoms. The summed E-state index contributed by atoms with van der Waals surface area (Å²) in [5.41, 5.74) is 2.24. The van der Waals surface area contributed by atoms with Crippen LogP contribution in [0.15, 0.2) is 48.5 Å². The number of nitrogens with one attached hydrogen (secondary N) is 1. The van der Waals surface area contributed by atoms with E-state index < -0.39 is 16.1 Å². The number of anilines is 1. The number of hydrogen-bond acceptors (Lipinski definition) is 4. The third-order valence-electron chi connectivity index (χ3n) is 5.91. The highest BCUT2D eigenvalue weighted by atomic mass is 32.2. The van der Waals surface area contributed by atoms with Crippen molar-refractivity contribution >= 4 is 27.5 Å². The quantitative estimate of drug-likeness (QED) is 0.472. The smallest absolute Gasteiger partial charge is 0.242 e. The van der Waals surface area contributed by atoms with E-state index in [-0.39, 0.29) is 49.6 Å². The van der Waals surface area contributed by atoms with Gasteiger partial charge in [0.25, 0.3) is 0 Å². The molecule has 2 amide bonds. The van der Waals surface area contributed by atoms with Gasteiger partial charge in [0.1, 0.15) is 11.9 Å². The van der Waals surface area contributed by atoms with Crippen molar-refractivity contribution in [2.24, 2.45) is 0 Å². The summed E-state index contributed by atoms with van der Waals surface area (Å²) >= 11 is 0. The molecule has 2 aromatic carbocycles. The lowest BCUT2D eigenvalue weighted by atomic mass is 10.1. The normalized spacial score (nSPS) is 13.1. The number of amides is 2. The molecule has 0 aliphatic heterocycles. The van der Waals surface area contributed by atoms with E-state index in [0.29, 0.717) is 11.3 Å². The van der Waals surface area contributed by atoms with Crippen molar-refractivity contribution < 1.29 is 22.4 Å². The van der Waals surface area contributed by atoms with Gasteiger partial charge in [-0.1, -0.05) is 36.8 Å². The number of rotatable bonds is 12. The fourth-order valence-corrected chi connectivity index (χ4v) is 4.51. The average Bonchev–Trinajstić information content (AvgIpc) is 2.80. The largest absolute Gasteiger partial charge is 0.352 e. The number of halogens is 1. The first-order valence-corrected chi connectivity index (χ1v) is 13.7. The summed E-state index contributed by atoms with van der Waals surface area (Å²) in [7, 11) is -3.54. The van der Waals surface area contributed by atoms with Crippen molar-refractivity contribution in [2.45, 2.75) is 65.6 Å². The predicted molar refractivity (Wildman–Crippen MR) is 137 cm³/mol. The lowest BCUT2D eigenvalue weighted by molar-refractivity contribution is -0.140. The number of carbonyl (C=O) groups excluding carboxylic acids is 2. The number of hydrogen-bond donors (Lipinski definition) is 1. The van der Waals surface area contributed by atoms with Crippen molar-refractivity contribution in [1.82, 2.24) is 10.2 Å². The molecule has 0 bridgehead atoms. The zero-order valence-electron chi connectivity index (χ0n) is 21.1. The Labute approximate surface area is 208 Å². The molecule has 0 aromatic heterocycles. The minimum absolute atomic E-state index is 0.0365. The summed E-state index contributed by atoms with van der Waals surface area (Å²) in [6.45, 7) is 7.70. The van der Waals surface area contributed by atoms with E-state index in [1.165, 1.54) is 21.3 Å². The van der Waals surface area contributed by atoms with E-state index in [1.54, 1.807) is 31.2 Å². The summed E-state index contributed by atoms with van der Waals surface area (Å²) in [4.78, 5) is 27.5. The molecule has 192 valence electrons. The van der Waals surface area contributed by atoms with E-state index >= 15 is 0 Å². The van der Waals surface area contributed by atoms with Crippen molar-refractivity contribution in [3.63, 3.8) is 0 Å². The van der Waals surface area contributed by atoms with Crippen LogP contribution in [0.2, 0.25) is 0 Å². The monoisotopic (exact) mass is 505 g/mol. The number of aryl methyl sites for hydroxylation is 1. The molecule has 2 aromatic rings. The van der Waals surface area contributed by atoms with Crippen molar-refractivity contribution in [3.8, 4) is 0 Å². The molecule has 0 aliphatic carbocycles. The van der Waals surface area contributed by atoms with Crippen LogP contribution in [-0.2, 0) is 26.2 Å². The molecule has 0 fully saturated rings. The third kappa shape index (κ3) is 8.65. The van der Waals surface area contributed by atoms with Crippen LogP contribution in [0.1, 0.15) is 51.2 Å². The van der Waals surface area contributed by atoms with Gasteiger partial charge in [-0.25, -0.2) is 12.8 Å². The summed E-state index contributed by atoms with van der Waals surface area (Å²) in [5.74, 6) is -0.933. The van der Waals surface area contributed by atoms with Gasteiger partial charge in [-0.15, -0.1) is 0 Å². The van der Waals surface area contributed by atoms with Crippen molar-refractivity contribution in [2.75, 3.05) is 17.1 Å². The van der Waals surface area contributed by atoms with Crippen LogP contribution in [0.5, 0.6) is 0 Å². The molecule has 0 radical (unpaired) electrons. The Morgan fingerprint density at radius 3 is 2.17 bits per heavy atom. The highest BCUT2D eigenvalue weighted by Gasteiger charge is 2.27. The average molecular weight is 506 g/mol. The van der Waals surface area contributed by atoms with Crippen LogP contribution in [0, 0.1) is 12.7 Å². The van der Waals surface area contributed by atoms with Gasteiger partial charge in [-0.3, -0.25) is 13.9 Å². The second kappa shape index (κ2) is 12.7. The number of nitrogens with zero attached hydrogens (tertiary/aromatic N) is 2. The molecule has 35 heavy (non-hydrogen) atoms. The highest BCUT2D eigenvalue weighted by Crippen LogP contribution is 2.20. The van der Waals surface area contributed by atoms with Gasteiger partial charge in [0, 0.05) is 25.6 Å². The van der Waals surface area contributed by atoms with Gasteiger partial charge in [0.15, 0.2) is 0 Å². The van der Waals surface area contributed by atoms with Gasteiger partial charge in [-0.05, 0) is 63.4 Å². The lowest BCUT2D eigenvalue weighted by Gasteiger charge is -2.30. The highest BCUT2D eigenvalue weighted by molar-refractivity contribution is 7.92. The molecule has 0 spiro atoms. The van der Waals surface area contributed by atoms with Gasteiger partial charge < -0.3 is 10.2 Å². The van der Waals surface area contributed by atoms with Crippen LogP contribution in [0.3, 0.4) is 0 Å². The molecule has 7 nitrogen and oxygen atoms in total. The van der Waals surface area contributed by atoms with Crippen LogP contribution >= 0.6 is 0 Å². The molecule has 2 rings (SSSR count). The summed E-state index contributed by atoms with van der Waals surface area (Å²) in [6.07, 6.45) is 2.22. The van der Waals surface area contributed by atoms with Gasteiger partial charge in [0.05, 0.1) is 11.9 Å². The first kappa shape index (κ1) is 28.3. The SMILES string of the molecule is CC[C@H](C)NC(=O)[C@@H](C)N(Cc1ccc(F)cc1)C(=O)CCCN(c1ccc(C)cc1)S(C)(=O)=O. The molecule has 2 atom stereocenters. The summed E-state index contributed by atoms with van der Waals surface area (Å²) < 4.78 is 39.4. The molecule has 0 unspecified atom stereocenters. The topological polar surface area (TPSA) is 86.8 Å². The van der Waals surface area contributed by atoms with Crippen LogP contribution in [0.25, 0.3) is 0 Å². The predicted octanol–water partition coefficient (Wildman–Crippen LogP) is 4.01. The molecule has 0 saturated carbocycles. The van der Waals surface area contributed by atoms with Crippen LogP contribution in [-0.4, -0.2) is 50.0 Å². The molecular weight excluding hydrogens is 469 g/mol. The minimum atomic E-state index is -3.54. The first-order valence-electron chi connectivity index (χ1n) is 11.8. The van der Waals surface area contributed by atoms with Gasteiger partial charge in [0.2, 0.25) is 21.8 Å². The first-order chi connectivity index (χ1) is 16.4. The minimum Gasteiger partial charge on any atom is -0.352 e. The fraction of sp³-hybridized carbons (Fsp3) is 0.462. The Bertz CT molecular complexity index is 1090. The maximum Gasteiger partial charge on any atom is 0.242 e. The third-order valence-corrected chi connectivity index (χ3v) is 7.10. The molecule has 1 N–H and O–H groups in total. The fourth-order valence-electron chi connectivity index (χ4n) is 3.55. The zero-order chi connectivity index (χ0) is 26.2. The Morgan fingerprint density at radius 1 is 1.03 bits per heavy atom. The Morgan fingerprint density at radius 2 is 1.63 bits per heavy atom. The van der Waals surface area contributed by atoms with Gasteiger partial charge in [-0.2, -0.15) is 0 Å². The van der Waals surface area contributed by atoms with Crippen LogP contribution < -0.4 is 9.62 Å². The molecular formula is C26H36FN3O4S. The van der Waals surface area contributed by atoms with Crippen molar-refractivity contribution in [1.29, 1.82) is 0 Å². The maximum atomic E-state index is 13.4. The zero-order valence-corrected chi connectivity index (χ0v) is 21.9. The maximum absolute atomic E-state index is 13.4. The standard InChI is InChI=1S/C26H36FN3O4S/c1-6-20(3)28-26(32)21(4)29(18-22-11-13-23(27)14-12-22)25(31)8-7-17-30(35(5,33)34)24-15-9-19(2)10-16-24/h9-16,20-21H,6-8,17-18H2,1-5H3,(H,28,32)/t20-,21+/m0/s1.